The Bertz CT molecular complexity index is 387. The first-order chi connectivity index (χ1) is 10.2. The minimum absolute atomic E-state index is 0.158. The van der Waals surface area contributed by atoms with Gasteiger partial charge < -0.3 is 15.1 Å². The molecule has 120 valence electrons. The van der Waals surface area contributed by atoms with E-state index in [0.717, 1.165) is 24.8 Å². The van der Waals surface area contributed by atoms with Crippen molar-refractivity contribution < 1.29 is 4.42 Å². The largest absolute Gasteiger partial charge is 0.468 e. The molecule has 1 aromatic heterocycles. The fourth-order valence-electron chi connectivity index (χ4n) is 2.09. The molecule has 0 saturated heterocycles. The maximum Gasteiger partial charge on any atom is 0.191 e. The lowest BCUT2D eigenvalue weighted by atomic mass is 10.2. The molecule has 1 heterocycles. The number of rotatable bonds is 9. The average molecular weight is 294 g/mol. The highest BCUT2D eigenvalue weighted by Gasteiger charge is 2.16. The van der Waals surface area contributed by atoms with E-state index in [4.69, 9.17) is 4.42 Å². The van der Waals surface area contributed by atoms with Gasteiger partial charge in [-0.25, -0.2) is 0 Å². The number of hydrogen-bond donors (Lipinski definition) is 2. The van der Waals surface area contributed by atoms with Crippen LogP contribution in [-0.4, -0.2) is 44.6 Å². The number of nitrogens with zero attached hydrogens (tertiary/aromatic N) is 2. The molecular formula is C16H30N4O. The maximum atomic E-state index is 5.51. The van der Waals surface area contributed by atoms with E-state index < -0.39 is 0 Å². The number of aliphatic imine (C=N–C) groups is 1. The van der Waals surface area contributed by atoms with Crippen molar-refractivity contribution in [2.24, 2.45) is 4.99 Å². The SMILES string of the molecule is CCCCCNC(=NCC(c1ccco1)N(C)C)NCC. The van der Waals surface area contributed by atoms with Crippen LogP contribution in [0, 0.1) is 0 Å². The zero-order chi connectivity index (χ0) is 15.5. The van der Waals surface area contributed by atoms with Gasteiger partial charge in [-0.3, -0.25) is 9.89 Å². The topological polar surface area (TPSA) is 52.8 Å². The molecule has 0 radical (unpaired) electrons. The molecule has 0 bridgehead atoms. The van der Waals surface area contributed by atoms with Crippen LogP contribution >= 0.6 is 0 Å². The lowest BCUT2D eigenvalue weighted by Crippen LogP contribution is -2.38. The molecule has 0 fully saturated rings. The molecule has 1 unspecified atom stereocenters. The van der Waals surface area contributed by atoms with Crippen molar-refractivity contribution in [2.45, 2.75) is 39.2 Å². The highest BCUT2D eigenvalue weighted by molar-refractivity contribution is 5.79. The normalized spacial score (nSPS) is 13.5. The molecule has 1 aromatic rings. The van der Waals surface area contributed by atoms with Crippen LogP contribution in [0.1, 0.15) is 44.9 Å². The van der Waals surface area contributed by atoms with E-state index in [1.54, 1.807) is 6.26 Å². The van der Waals surface area contributed by atoms with Crippen LogP contribution in [0.15, 0.2) is 27.8 Å². The molecule has 0 amide bonds. The Morgan fingerprint density at radius 3 is 2.67 bits per heavy atom. The summed E-state index contributed by atoms with van der Waals surface area (Å²) < 4.78 is 5.51. The summed E-state index contributed by atoms with van der Waals surface area (Å²) in [7, 11) is 4.09. The summed E-state index contributed by atoms with van der Waals surface area (Å²) in [6, 6.07) is 4.08. The predicted molar refractivity (Wildman–Crippen MR) is 88.6 cm³/mol. The first-order valence-corrected chi connectivity index (χ1v) is 7.91. The third-order valence-electron chi connectivity index (χ3n) is 3.33. The Kier molecular flexibility index (Phi) is 8.59. The molecule has 21 heavy (non-hydrogen) atoms. The Morgan fingerprint density at radius 1 is 1.29 bits per heavy atom. The number of furan rings is 1. The number of hydrogen-bond acceptors (Lipinski definition) is 3. The number of unbranched alkanes of at least 4 members (excludes halogenated alkanes) is 2. The minimum Gasteiger partial charge on any atom is -0.468 e. The van der Waals surface area contributed by atoms with Crippen LogP contribution in [-0.2, 0) is 0 Å². The van der Waals surface area contributed by atoms with Crippen LogP contribution < -0.4 is 10.6 Å². The zero-order valence-corrected chi connectivity index (χ0v) is 13.9. The molecule has 0 aliphatic heterocycles. The predicted octanol–water partition coefficient (Wildman–Crippen LogP) is 2.63. The van der Waals surface area contributed by atoms with Crippen molar-refractivity contribution in [3.63, 3.8) is 0 Å². The van der Waals surface area contributed by atoms with Crippen LogP contribution in [0.5, 0.6) is 0 Å². The number of likely N-dealkylation sites (N-methyl/N-ethyl adjacent to an activating group) is 1. The van der Waals surface area contributed by atoms with Gasteiger partial charge in [-0.15, -0.1) is 0 Å². The van der Waals surface area contributed by atoms with Crippen molar-refractivity contribution in [3.05, 3.63) is 24.2 Å². The first kappa shape index (κ1) is 17.6. The fraction of sp³-hybridized carbons (Fsp3) is 0.688. The van der Waals surface area contributed by atoms with Gasteiger partial charge in [-0.2, -0.15) is 0 Å². The fourth-order valence-corrected chi connectivity index (χ4v) is 2.09. The van der Waals surface area contributed by atoms with Crippen molar-refractivity contribution >= 4 is 5.96 Å². The molecule has 0 aliphatic carbocycles. The molecule has 0 saturated carbocycles. The summed E-state index contributed by atoms with van der Waals surface area (Å²) in [6.07, 6.45) is 5.37. The number of guanidine groups is 1. The molecule has 0 aromatic carbocycles. The summed E-state index contributed by atoms with van der Waals surface area (Å²) in [4.78, 5) is 6.81. The van der Waals surface area contributed by atoms with E-state index in [2.05, 4.69) is 34.4 Å². The smallest absolute Gasteiger partial charge is 0.191 e. The van der Waals surface area contributed by atoms with Gasteiger partial charge in [0.15, 0.2) is 5.96 Å². The van der Waals surface area contributed by atoms with Crippen molar-refractivity contribution in [3.8, 4) is 0 Å². The Morgan fingerprint density at radius 2 is 2.10 bits per heavy atom. The van der Waals surface area contributed by atoms with Gasteiger partial charge in [-0.05, 0) is 39.6 Å². The van der Waals surface area contributed by atoms with Crippen molar-refractivity contribution in [2.75, 3.05) is 33.7 Å². The van der Waals surface area contributed by atoms with Gasteiger partial charge in [0.2, 0.25) is 0 Å². The lowest BCUT2D eigenvalue weighted by molar-refractivity contribution is 0.265. The lowest BCUT2D eigenvalue weighted by Gasteiger charge is -2.21. The van der Waals surface area contributed by atoms with E-state index >= 15 is 0 Å². The molecule has 1 rings (SSSR count). The van der Waals surface area contributed by atoms with E-state index in [-0.39, 0.29) is 6.04 Å². The van der Waals surface area contributed by atoms with Gasteiger partial charge in [0, 0.05) is 13.1 Å². The molecule has 5 nitrogen and oxygen atoms in total. The molecule has 1 atom stereocenters. The van der Waals surface area contributed by atoms with Gasteiger partial charge in [0.05, 0.1) is 18.8 Å². The van der Waals surface area contributed by atoms with E-state index in [1.165, 1.54) is 19.3 Å². The quantitative estimate of drug-likeness (QED) is 0.418. The van der Waals surface area contributed by atoms with Gasteiger partial charge in [-0.1, -0.05) is 19.8 Å². The summed E-state index contributed by atoms with van der Waals surface area (Å²) in [5, 5.41) is 6.67. The van der Waals surface area contributed by atoms with E-state index in [0.29, 0.717) is 6.54 Å². The molecule has 0 spiro atoms. The second-order valence-corrected chi connectivity index (χ2v) is 5.35. The van der Waals surface area contributed by atoms with Gasteiger partial charge >= 0.3 is 0 Å². The van der Waals surface area contributed by atoms with Crippen LogP contribution in [0.25, 0.3) is 0 Å². The maximum absolute atomic E-state index is 5.51. The summed E-state index contributed by atoms with van der Waals surface area (Å²) in [5.41, 5.74) is 0. The highest BCUT2D eigenvalue weighted by Crippen LogP contribution is 2.18. The molecular weight excluding hydrogens is 264 g/mol. The second-order valence-electron chi connectivity index (χ2n) is 5.35. The van der Waals surface area contributed by atoms with Crippen LogP contribution in [0.2, 0.25) is 0 Å². The van der Waals surface area contributed by atoms with Gasteiger partial charge in [0.25, 0.3) is 0 Å². The highest BCUT2D eigenvalue weighted by atomic mass is 16.3. The minimum atomic E-state index is 0.158. The van der Waals surface area contributed by atoms with E-state index in [9.17, 15) is 0 Å². The van der Waals surface area contributed by atoms with Gasteiger partial charge in [0.1, 0.15) is 5.76 Å². The number of nitrogens with one attached hydrogen (secondary N) is 2. The van der Waals surface area contributed by atoms with Crippen molar-refractivity contribution in [1.29, 1.82) is 0 Å². The summed E-state index contributed by atoms with van der Waals surface area (Å²) >= 11 is 0. The van der Waals surface area contributed by atoms with Crippen LogP contribution in [0.4, 0.5) is 0 Å². The monoisotopic (exact) mass is 294 g/mol. The summed E-state index contributed by atoms with van der Waals surface area (Å²) in [6.45, 7) is 6.80. The molecule has 5 heteroatoms. The summed E-state index contributed by atoms with van der Waals surface area (Å²) in [5.74, 6) is 1.83. The zero-order valence-electron chi connectivity index (χ0n) is 13.9. The third kappa shape index (κ3) is 6.67. The Labute approximate surface area is 128 Å². The standard InChI is InChI=1S/C16H30N4O/c1-5-7-8-11-18-16(17-6-2)19-13-14(20(3)4)15-10-9-12-21-15/h9-10,12,14H,5-8,11,13H2,1-4H3,(H2,17,18,19). The second kappa shape index (κ2) is 10.3. The Balaban J connectivity index is 2.57. The molecule has 2 N–H and O–H groups in total. The average Bonchev–Trinajstić information content (AvgIpc) is 2.97. The van der Waals surface area contributed by atoms with Crippen molar-refractivity contribution in [1.82, 2.24) is 15.5 Å². The molecule has 0 aliphatic rings. The first-order valence-electron chi connectivity index (χ1n) is 7.91. The third-order valence-corrected chi connectivity index (χ3v) is 3.33. The Hall–Kier alpha value is -1.49. The van der Waals surface area contributed by atoms with E-state index in [1.807, 2.05) is 26.2 Å². The van der Waals surface area contributed by atoms with Crippen LogP contribution in [0.3, 0.4) is 0 Å².